The fourth-order valence-electron chi connectivity index (χ4n) is 11.2. The number of hydrogen-bond donors (Lipinski definition) is 1. The van der Waals surface area contributed by atoms with Crippen molar-refractivity contribution in [2.45, 2.75) is 125 Å². The van der Waals surface area contributed by atoms with E-state index in [-0.39, 0.29) is 17.8 Å². The van der Waals surface area contributed by atoms with Gasteiger partial charge in [0, 0.05) is 6.08 Å². The quantitative estimate of drug-likeness (QED) is 0.217. The van der Waals surface area contributed by atoms with Gasteiger partial charge >= 0.3 is 5.97 Å². The summed E-state index contributed by atoms with van der Waals surface area (Å²) in [7, 11) is 1.52. The molecule has 4 fully saturated rings. The van der Waals surface area contributed by atoms with Gasteiger partial charge < -0.3 is 14.6 Å². The highest BCUT2D eigenvalue weighted by Gasteiger charge is 2.60. The molecule has 0 amide bonds. The molecule has 10 atom stereocenters. The number of rotatable bonds is 10. The summed E-state index contributed by atoms with van der Waals surface area (Å²) in [5.74, 6) is 6.95. The maximum Gasteiger partial charge on any atom is 0.331 e. The molecule has 4 heteroatoms. The topological polar surface area (TPSA) is 55.8 Å². The van der Waals surface area contributed by atoms with Gasteiger partial charge in [-0.3, -0.25) is 0 Å². The highest BCUT2D eigenvalue weighted by Crippen LogP contribution is 2.68. The summed E-state index contributed by atoms with van der Waals surface area (Å²) in [6, 6.07) is 5.07. The van der Waals surface area contributed by atoms with Crippen molar-refractivity contribution < 1.29 is 19.4 Å². The Morgan fingerprint density at radius 2 is 1.74 bits per heavy atom. The summed E-state index contributed by atoms with van der Waals surface area (Å²) in [5.41, 5.74) is 1.72. The van der Waals surface area contributed by atoms with E-state index in [9.17, 15) is 9.90 Å². The van der Waals surface area contributed by atoms with Crippen molar-refractivity contribution in [2.75, 3.05) is 7.11 Å². The molecule has 240 valence electrons. The summed E-state index contributed by atoms with van der Waals surface area (Å²) in [4.78, 5) is 12.8. The molecule has 10 unspecified atom stereocenters. The van der Waals surface area contributed by atoms with Crippen molar-refractivity contribution in [1.82, 2.24) is 0 Å². The number of aromatic hydroxyl groups is 1. The zero-order valence-electron chi connectivity index (χ0n) is 28.2. The van der Waals surface area contributed by atoms with Gasteiger partial charge in [-0.25, -0.2) is 4.79 Å². The molecule has 1 N–H and O–H groups in total. The molecule has 0 aliphatic heterocycles. The number of fused-ring (bicyclic) bond motifs is 5. The number of hydrogen-bond acceptors (Lipinski definition) is 4. The van der Waals surface area contributed by atoms with Crippen molar-refractivity contribution in [1.29, 1.82) is 0 Å². The molecule has 4 saturated carbocycles. The molecular weight excluding hydrogens is 532 g/mol. The average Bonchev–Trinajstić information content (AvgIpc) is 3.34. The molecular formula is C39H60O4. The van der Waals surface area contributed by atoms with E-state index in [0.717, 1.165) is 59.8 Å². The van der Waals surface area contributed by atoms with Crippen LogP contribution in [0.5, 0.6) is 11.5 Å². The lowest BCUT2D eigenvalue weighted by Crippen LogP contribution is -2.54. The Bertz CT molecular complexity index is 1140. The second-order valence-electron chi connectivity index (χ2n) is 16.0. The highest BCUT2D eigenvalue weighted by atomic mass is 16.5. The lowest BCUT2D eigenvalue weighted by molar-refractivity contribution is -0.157. The molecule has 0 bridgehead atoms. The predicted molar refractivity (Wildman–Crippen MR) is 176 cm³/mol. The predicted octanol–water partition coefficient (Wildman–Crippen LogP) is 10.1. The number of carbonyl (C=O) groups excluding carboxylic acids is 1. The normalized spacial score (nSPS) is 36.9. The van der Waals surface area contributed by atoms with Gasteiger partial charge in [-0.05, 0) is 146 Å². The zero-order valence-corrected chi connectivity index (χ0v) is 28.2. The van der Waals surface area contributed by atoms with Crippen LogP contribution in [-0.4, -0.2) is 24.3 Å². The van der Waals surface area contributed by atoms with Crippen molar-refractivity contribution >= 4 is 12.0 Å². The third kappa shape index (κ3) is 6.41. The second-order valence-corrected chi connectivity index (χ2v) is 16.0. The lowest BCUT2D eigenvalue weighted by Gasteiger charge is -2.61. The number of carbonyl (C=O) groups is 1. The van der Waals surface area contributed by atoms with Crippen LogP contribution in [0.3, 0.4) is 0 Å². The fourth-order valence-corrected chi connectivity index (χ4v) is 11.2. The molecule has 4 nitrogen and oxygen atoms in total. The Hall–Kier alpha value is -1.97. The molecule has 1 aromatic carbocycles. The molecule has 0 saturated heterocycles. The maximum atomic E-state index is 12.8. The van der Waals surface area contributed by atoms with E-state index in [1.54, 1.807) is 24.3 Å². The standard InChI is InChI=1S/C39H60O4/c1-8-28(25(2)3)12-9-26(4)32-15-16-33-31-14-13-29-24-30(19-21-38(29,5)34(31)20-22-39(32,33)6)43-37(41)18-11-27-10-17-35(40)36(23-27)42-7/h10-11,17-18,23,25-26,28-34,40H,8-9,12-16,19-22,24H2,1-7H3/b18-11+. The summed E-state index contributed by atoms with van der Waals surface area (Å²) in [6.45, 7) is 15.1. The number of benzene rings is 1. The van der Waals surface area contributed by atoms with Crippen LogP contribution in [0.4, 0.5) is 0 Å². The SMILES string of the molecule is CCC(CCC(C)C1CCC2C3CCC4CC(OC(=O)/C=C/c5ccc(O)c(OC)c5)CCC4(C)C3CCC12C)C(C)C. The van der Waals surface area contributed by atoms with Crippen molar-refractivity contribution in [3.05, 3.63) is 29.8 Å². The Balaban J connectivity index is 1.17. The van der Waals surface area contributed by atoms with Gasteiger partial charge in [0.25, 0.3) is 0 Å². The Morgan fingerprint density at radius 1 is 1.00 bits per heavy atom. The largest absolute Gasteiger partial charge is 0.504 e. The van der Waals surface area contributed by atoms with Crippen LogP contribution < -0.4 is 4.74 Å². The van der Waals surface area contributed by atoms with Crippen molar-refractivity contribution in [2.24, 2.45) is 58.2 Å². The minimum Gasteiger partial charge on any atom is -0.504 e. The van der Waals surface area contributed by atoms with Gasteiger partial charge in [-0.2, -0.15) is 0 Å². The summed E-state index contributed by atoms with van der Waals surface area (Å²) in [6.07, 6.45) is 19.0. The van der Waals surface area contributed by atoms with Gasteiger partial charge in [0.1, 0.15) is 6.10 Å². The van der Waals surface area contributed by atoms with Crippen LogP contribution in [-0.2, 0) is 9.53 Å². The first-order valence-electron chi connectivity index (χ1n) is 17.8. The smallest absolute Gasteiger partial charge is 0.331 e. The number of methoxy groups -OCH3 is 1. The Morgan fingerprint density at radius 3 is 2.47 bits per heavy atom. The van der Waals surface area contributed by atoms with Crippen LogP contribution in [0, 0.1) is 58.2 Å². The van der Waals surface area contributed by atoms with Crippen LogP contribution >= 0.6 is 0 Å². The summed E-state index contributed by atoms with van der Waals surface area (Å²) < 4.78 is 11.2. The molecule has 5 rings (SSSR count). The monoisotopic (exact) mass is 592 g/mol. The van der Waals surface area contributed by atoms with Crippen LogP contribution in [0.15, 0.2) is 24.3 Å². The van der Waals surface area contributed by atoms with E-state index in [0.29, 0.717) is 22.5 Å². The number of esters is 1. The first-order chi connectivity index (χ1) is 20.5. The molecule has 0 heterocycles. The average molecular weight is 593 g/mol. The highest BCUT2D eigenvalue weighted by molar-refractivity contribution is 5.87. The van der Waals surface area contributed by atoms with Gasteiger partial charge in [-0.1, -0.05) is 60.5 Å². The van der Waals surface area contributed by atoms with Crippen molar-refractivity contribution in [3.63, 3.8) is 0 Å². The zero-order chi connectivity index (χ0) is 30.9. The minimum atomic E-state index is -0.271. The molecule has 0 spiro atoms. The first kappa shape index (κ1) is 32.4. The van der Waals surface area contributed by atoms with Gasteiger partial charge in [0.2, 0.25) is 0 Å². The first-order valence-corrected chi connectivity index (χ1v) is 17.8. The fraction of sp³-hybridized carbons (Fsp3) is 0.769. The van der Waals surface area contributed by atoms with Crippen LogP contribution in [0.1, 0.15) is 124 Å². The van der Waals surface area contributed by atoms with E-state index in [2.05, 4.69) is 41.5 Å². The molecule has 0 aromatic heterocycles. The van der Waals surface area contributed by atoms with Crippen molar-refractivity contribution in [3.8, 4) is 11.5 Å². The Labute approximate surface area is 262 Å². The van der Waals surface area contributed by atoms with E-state index in [1.165, 1.54) is 77.4 Å². The summed E-state index contributed by atoms with van der Waals surface area (Å²) in [5, 5.41) is 9.83. The van der Waals surface area contributed by atoms with E-state index in [1.807, 2.05) is 0 Å². The van der Waals surface area contributed by atoms with Crippen LogP contribution in [0.2, 0.25) is 0 Å². The number of phenols is 1. The summed E-state index contributed by atoms with van der Waals surface area (Å²) >= 11 is 0. The van der Waals surface area contributed by atoms with Gasteiger partial charge in [0.05, 0.1) is 7.11 Å². The molecule has 1 aromatic rings. The third-order valence-electron chi connectivity index (χ3n) is 13.7. The molecule has 0 radical (unpaired) electrons. The maximum absolute atomic E-state index is 12.8. The van der Waals surface area contributed by atoms with E-state index < -0.39 is 0 Å². The van der Waals surface area contributed by atoms with Gasteiger partial charge in [-0.15, -0.1) is 0 Å². The second kappa shape index (κ2) is 13.2. The Kier molecular flexibility index (Phi) is 9.94. The minimum absolute atomic E-state index is 0.0180. The van der Waals surface area contributed by atoms with E-state index in [4.69, 9.17) is 9.47 Å². The lowest BCUT2D eigenvalue weighted by atomic mass is 9.44. The third-order valence-corrected chi connectivity index (χ3v) is 13.7. The molecule has 43 heavy (non-hydrogen) atoms. The van der Waals surface area contributed by atoms with E-state index >= 15 is 0 Å². The van der Waals surface area contributed by atoms with Gasteiger partial charge in [0.15, 0.2) is 11.5 Å². The number of phenolic OH excluding ortho intramolecular Hbond substituents is 1. The number of ether oxygens (including phenoxy) is 2. The molecule has 4 aliphatic rings. The van der Waals surface area contributed by atoms with Crippen LogP contribution in [0.25, 0.3) is 6.08 Å². The molecule has 4 aliphatic carbocycles.